The quantitative estimate of drug-likeness (QED) is 0.942. The number of hydrogen-bond donors (Lipinski definition) is 1. The van der Waals surface area contributed by atoms with Gasteiger partial charge in [0.1, 0.15) is 0 Å². The maximum absolute atomic E-state index is 5.51. The van der Waals surface area contributed by atoms with Crippen LogP contribution in [0.4, 0.5) is 0 Å². The Kier molecular flexibility index (Phi) is 3.74. The van der Waals surface area contributed by atoms with Crippen LogP contribution in [0.25, 0.3) is 0 Å². The summed E-state index contributed by atoms with van der Waals surface area (Å²) in [4.78, 5) is 0. The van der Waals surface area contributed by atoms with Gasteiger partial charge in [-0.3, -0.25) is 0 Å². The molecule has 0 fully saturated rings. The van der Waals surface area contributed by atoms with E-state index in [0.29, 0.717) is 0 Å². The molecule has 0 saturated carbocycles. The molecule has 120 valence electrons. The van der Waals surface area contributed by atoms with Crippen LogP contribution < -0.4 is 14.8 Å². The zero-order valence-corrected chi connectivity index (χ0v) is 13.8. The number of fused-ring (bicyclic) bond motifs is 2. The third kappa shape index (κ3) is 2.49. The minimum atomic E-state index is 0.240. The Morgan fingerprint density at radius 2 is 1.65 bits per heavy atom. The molecule has 0 radical (unpaired) electrons. The second kappa shape index (κ2) is 5.89. The predicted molar refractivity (Wildman–Crippen MR) is 91.6 cm³/mol. The molecule has 4 rings (SSSR count). The highest BCUT2D eigenvalue weighted by Crippen LogP contribution is 2.38. The van der Waals surface area contributed by atoms with Crippen molar-refractivity contribution in [3.8, 4) is 11.5 Å². The average Bonchev–Trinajstić information content (AvgIpc) is 3.07. The Morgan fingerprint density at radius 3 is 2.48 bits per heavy atom. The monoisotopic (exact) mass is 309 g/mol. The molecule has 0 saturated heterocycles. The van der Waals surface area contributed by atoms with E-state index >= 15 is 0 Å². The number of benzene rings is 2. The van der Waals surface area contributed by atoms with Crippen molar-refractivity contribution in [2.75, 3.05) is 20.8 Å². The first-order chi connectivity index (χ1) is 11.3. The molecule has 1 aliphatic heterocycles. The zero-order valence-electron chi connectivity index (χ0n) is 13.8. The van der Waals surface area contributed by atoms with Gasteiger partial charge >= 0.3 is 0 Å². The first-order valence-electron chi connectivity index (χ1n) is 8.40. The van der Waals surface area contributed by atoms with Crippen molar-refractivity contribution in [2.45, 2.75) is 31.7 Å². The van der Waals surface area contributed by atoms with Gasteiger partial charge in [-0.2, -0.15) is 0 Å². The van der Waals surface area contributed by atoms with E-state index in [1.54, 1.807) is 14.2 Å². The summed E-state index contributed by atoms with van der Waals surface area (Å²) in [5.41, 5.74) is 7.08. The Labute approximate surface area is 137 Å². The topological polar surface area (TPSA) is 30.5 Å². The molecule has 23 heavy (non-hydrogen) atoms. The van der Waals surface area contributed by atoms with Gasteiger partial charge in [-0.15, -0.1) is 0 Å². The van der Waals surface area contributed by atoms with E-state index in [9.17, 15) is 0 Å². The van der Waals surface area contributed by atoms with Crippen molar-refractivity contribution in [3.05, 3.63) is 58.1 Å². The first kappa shape index (κ1) is 14.6. The summed E-state index contributed by atoms with van der Waals surface area (Å²) in [7, 11) is 3.40. The highest BCUT2D eigenvalue weighted by molar-refractivity contribution is 5.52. The van der Waals surface area contributed by atoms with E-state index < -0.39 is 0 Å². The van der Waals surface area contributed by atoms with Crippen LogP contribution in [0.3, 0.4) is 0 Å². The molecule has 2 aromatic carbocycles. The summed E-state index contributed by atoms with van der Waals surface area (Å²) in [5, 5.41) is 3.68. The molecular formula is C20H23NO2. The molecule has 3 heteroatoms. The normalized spacial score (nSPS) is 19.1. The van der Waals surface area contributed by atoms with Gasteiger partial charge in [0.2, 0.25) is 0 Å². The van der Waals surface area contributed by atoms with Gasteiger partial charge in [0.15, 0.2) is 11.5 Å². The predicted octanol–water partition coefficient (Wildman–Crippen LogP) is 3.43. The molecule has 0 aromatic heterocycles. The SMILES string of the molecule is COc1cc2c(cc1OC)C(c1ccc3c(c1)CCC3)NCC2. The van der Waals surface area contributed by atoms with E-state index in [1.165, 1.54) is 47.1 Å². The van der Waals surface area contributed by atoms with E-state index in [2.05, 4.69) is 35.6 Å². The van der Waals surface area contributed by atoms with Gasteiger partial charge in [-0.1, -0.05) is 18.2 Å². The number of ether oxygens (including phenoxy) is 2. The van der Waals surface area contributed by atoms with E-state index in [1.807, 2.05) is 0 Å². The standard InChI is InChI=1S/C20H23NO2/c1-22-18-11-15-8-9-21-20(17(15)12-19(18)23-2)16-7-6-13-4-3-5-14(13)10-16/h6-7,10-12,20-21H,3-5,8-9H2,1-2H3. The summed E-state index contributed by atoms with van der Waals surface area (Å²) < 4.78 is 11.0. The first-order valence-corrected chi connectivity index (χ1v) is 8.40. The van der Waals surface area contributed by atoms with Gasteiger partial charge in [-0.05, 0) is 65.6 Å². The molecule has 3 nitrogen and oxygen atoms in total. The molecule has 1 heterocycles. The molecule has 1 atom stereocenters. The van der Waals surface area contributed by atoms with Crippen molar-refractivity contribution < 1.29 is 9.47 Å². The van der Waals surface area contributed by atoms with Crippen LogP contribution >= 0.6 is 0 Å². The average molecular weight is 309 g/mol. The maximum atomic E-state index is 5.51. The summed E-state index contributed by atoms with van der Waals surface area (Å²) in [5.74, 6) is 1.63. The lowest BCUT2D eigenvalue weighted by molar-refractivity contribution is 0.353. The van der Waals surface area contributed by atoms with Gasteiger partial charge in [0, 0.05) is 6.54 Å². The van der Waals surface area contributed by atoms with Gasteiger partial charge in [0.05, 0.1) is 20.3 Å². The Hall–Kier alpha value is -2.00. The van der Waals surface area contributed by atoms with Crippen LogP contribution in [0, 0.1) is 0 Å². The van der Waals surface area contributed by atoms with Crippen molar-refractivity contribution in [1.29, 1.82) is 0 Å². The van der Waals surface area contributed by atoms with Crippen molar-refractivity contribution >= 4 is 0 Å². The minimum absolute atomic E-state index is 0.240. The fourth-order valence-corrected chi connectivity index (χ4v) is 3.95. The highest BCUT2D eigenvalue weighted by Gasteiger charge is 2.25. The van der Waals surface area contributed by atoms with Gasteiger partial charge in [-0.25, -0.2) is 0 Å². The van der Waals surface area contributed by atoms with Gasteiger partial charge < -0.3 is 14.8 Å². The van der Waals surface area contributed by atoms with E-state index in [-0.39, 0.29) is 6.04 Å². The molecule has 0 bridgehead atoms. The lowest BCUT2D eigenvalue weighted by atomic mass is 9.88. The summed E-state index contributed by atoms with van der Waals surface area (Å²) in [6, 6.07) is 11.5. The van der Waals surface area contributed by atoms with Crippen molar-refractivity contribution in [1.82, 2.24) is 5.32 Å². The van der Waals surface area contributed by atoms with Crippen LogP contribution in [-0.2, 0) is 19.3 Å². The van der Waals surface area contributed by atoms with Crippen LogP contribution in [0.15, 0.2) is 30.3 Å². The number of methoxy groups -OCH3 is 2. The largest absolute Gasteiger partial charge is 0.493 e. The number of nitrogens with one attached hydrogen (secondary N) is 1. The minimum Gasteiger partial charge on any atom is -0.493 e. The molecule has 2 aromatic rings. The number of rotatable bonds is 3. The lowest BCUT2D eigenvalue weighted by Gasteiger charge is -2.29. The summed E-state index contributed by atoms with van der Waals surface area (Å²) >= 11 is 0. The molecule has 1 N–H and O–H groups in total. The van der Waals surface area contributed by atoms with Crippen molar-refractivity contribution in [3.63, 3.8) is 0 Å². The van der Waals surface area contributed by atoms with Gasteiger partial charge in [0.25, 0.3) is 0 Å². The van der Waals surface area contributed by atoms with E-state index in [0.717, 1.165) is 24.5 Å². The molecule has 1 aliphatic carbocycles. The third-order valence-corrected chi connectivity index (χ3v) is 5.16. The smallest absolute Gasteiger partial charge is 0.161 e. The molecule has 1 unspecified atom stereocenters. The summed E-state index contributed by atoms with van der Waals surface area (Å²) in [6.45, 7) is 0.990. The Bertz CT molecular complexity index is 739. The molecule has 0 spiro atoms. The van der Waals surface area contributed by atoms with Crippen LogP contribution in [-0.4, -0.2) is 20.8 Å². The second-order valence-electron chi connectivity index (χ2n) is 6.42. The maximum Gasteiger partial charge on any atom is 0.161 e. The van der Waals surface area contributed by atoms with Crippen LogP contribution in [0.2, 0.25) is 0 Å². The fourth-order valence-electron chi connectivity index (χ4n) is 3.95. The molecule has 2 aliphatic rings. The zero-order chi connectivity index (χ0) is 15.8. The third-order valence-electron chi connectivity index (χ3n) is 5.16. The van der Waals surface area contributed by atoms with Crippen molar-refractivity contribution in [2.24, 2.45) is 0 Å². The van der Waals surface area contributed by atoms with E-state index in [4.69, 9.17) is 9.47 Å². The fraction of sp³-hybridized carbons (Fsp3) is 0.400. The summed E-state index contributed by atoms with van der Waals surface area (Å²) in [6.07, 6.45) is 4.76. The van der Waals surface area contributed by atoms with Crippen LogP contribution in [0.5, 0.6) is 11.5 Å². The number of hydrogen-bond acceptors (Lipinski definition) is 3. The highest BCUT2D eigenvalue weighted by atomic mass is 16.5. The number of aryl methyl sites for hydroxylation is 2. The lowest BCUT2D eigenvalue weighted by Crippen LogP contribution is -2.30. The Morgan fingerprint density at radius 1 is 0.870 bits per heavy atom. The molecule has 0 amide bonds. The van der Waals surface area contributed by atoms with Crippen LogP contribution in [0.1, 0.15) is 40.3 Å². The Balaban J connectivity index is 1.78. The second-order valence-corrected chi connectivity index (χ2v) is 6.42. The molecular weight excluding hydrogens is 286 g/mol.